The van der Waals surface area contributed by atoms with E-state index >= 15 is 0 Å². The Bertz CT molecular complexity index is 709. The van der Waals surface area contributed by atoms with E-state index in [4.69, 9.17) is 11.6 Å². The average Bonchev–Trinajstić information content (AvgIpc) is 2.95. The monoisotopic (exact) mass is 300 g/mol. The van der Waals surface area contributed by atoms with Crippen molar-refractivity contribution in [1.82, 2.24) is 0 Å². The maximum atomic E-state index is 14.0. The molecule has 3 fully saturated rings. The first-order chi connectivity index (χ1) is 10.3. The highest BCUT2D eigenvalue weighted by atomic mass is 35.5. The van der Waals surface area contributed by atoms with Crippen LogP contribution in [0.25, 0.3) is 10.8 Å². The summed E-state index contributed by atoms with van der Waals surface area (Å²) in [6, 6.07) is 11.2. The Labute approximate surface area is 129 Å². The minimum absolute atomic E-state index is 0.0499. The summed E-state index contributed by atoms with van der Waals surface area (Å²) in [5.74, 6) is 4.06. The van der Waals surface area contributed by atoms with Crippen molar-refractivity contribution in [3.63, 3.8) is 0 Å². The average molecular weight is 301 g/mol. The molecule has 0 saturated heterocycles. The number of benzene rings is 2. The standard InChI is InChI=1S/C19H18ClF/c20-19(18-16-10-5-6-11(9-10)17(16)18)14-7-8-15(21)13-4-2-1-3-12(13)14/h1-4,7-8,10-11,16-19H,5-6,9H2. The highest BCUT2D eigenvalue weighted by Gasteiger charge is 2.66. The summed E-state index contributed by atoms with van der Waals surface area (Å²) in [5, 5.41) is 1.75. The molecule has 0 amide bonds. The van der Waals surface area contributed by atoms with Gasteiger partial charge in [-0.3, -0.25) is 0 Å². The number of rotatable bonds is 2. The molecular weight excluding hydrogens is 283 g/mol. The quantitative estimate of drug-likeness (QED) is 0.638. The summed E-state index contributed by atoms with van der Waals surface area (Å²) in [7, 11) is 0. The predicted molar refractivity (Wildman–Crippen MR) is 83.8 cm³/mol. The van der Waals surface area contributed by atoms with Crippen molar-refractivity contribution < 1.29 is 4.39 Å². The lowest BCUT2D eigenvalue weighted by Crippen LogP contribution is -2.05. The molecule has 3 aliphatic rings. The van der Waals surface area contributed by atoms with Crippen LogP contribution in [0.1, 0.15) is 30.2 Å². The van der Waals surface area contributed by atoms with E-state index in [1.165, 1.54) is 19.3 Å². The van der Waals surface area contributed by atoms with E-state index in [1.54, 1.807) is 6.07 Å². The molecule has 0 aliphatic heterocycles. The summed E-state index contributed by atoms with van der Waals surface area (Å²) < 4.78 is 14.0. The third-order valence-corrected chi connectivity index (χ3v) is 6.86. The van der Waals surface area contributed by atoms with Gasteiger partial charge >= 0.3 is 0 Å². The van der Waals surface area contributed by atoms with Gasteiger partial charge in [0.05, 0.1) is 5.38 Å². The number of hydrogen-bond donors (Lipinski definition) is 0. The van der Waals surface area contributed by atoms with Gasteiger partial charge in [-0.15, -0.1) is 11.6 Å². The van der Waals surface area contributed by atoms with Crippen molar-refractivity contribution in [2.75, 3.05) is 0 Å². The minimum Gasteiger partial charge on any atom is -0.206 e. The Morgan fingerprint density at radius 1 is 0.952 bits per heavy atom. The van der Waals surface area contributed by atoms with Gasteiger partial charge in [0.25, 0.3) is 0 Å². The zero-order valence-electron chi connectivity index (χ0n) is 11.8. The fraction of sp³-hybridized carbons (Fsp3) is 0.474. The summed E-state index contributed by atoms with van der Waals surface area (Å²) >= 11 is 6.87. The highest BCUT2D eigenvalue weighted by molar-refractivity contribution is 6.22. The van der Waals surface area contributed by atoms with E-state index in [9.17, 15) is 4.39 Å². The molecular formula is C19H18ClF. The van der Waals surface area contributed by atoms with E-state index in [2.05, 4.69) is 0 Å². The van der Waals surface area contributed by atoms with E-state index in [0.717, 1.165) is 34.6 Å². The maximum Gasteiger partial charge on any atom is 0.131 e. The van der Waals surface area contributed by atoms with Crippen molar-refractivity contribution in [2.24, 2.45) is 29.6 Å². The van der Waals surface area contributed by atoms with Crippen LogP contribution < -0.4 is 0 Å². The molecule has 3 aliphatic carbocycles. The normalized spacial score (nSPS) is 37.7. The molecule has 0 aromatic heterocycles. The summed E-state index contributed by atoms with van der Waals surface area (Å²) in [4.78, 5) is 0. The fourth-order valence-electron chi connectivity index (χ4n) is 5.52. The van der Waals surface area contributed by atoms with Crippen molar-refractivity contribution >= 4 is 22.4 Å². The maximum absolute atomic E-state index is 14.0. The van der Waals surface area contributed by atoms with Gasteiger partial charge in [0.15, 0.2) is 0 Å². The second kappa shape index (κ2) is 4.23. The van der Waals surface area contributed by atoms with Crippen LogP contribution in [0.5, 0.6) is 0 Å². The topological polar surface area (TPSA) is 0 Å². The molecule has 2 heteroatoms. The Hall–Kier alpha value is -1.08. The number of halogens is 2. The molecule has 2 aromatic carbocycles. The lowest BCUT2D eigenvalue weighted by molar-refractivity contribution is 0.455. The smallest absolute Gasteiger partial charge is 0.131 e. The van der Waals surface area contributed by atoms with Crippen LogP contribution in [-0.2, 0) is 0 Å². The SMILES string of the molecule is Fc1ccc(C(Cl)C2C3C4CCC(C4)C32)c2ccccc12. The molecule has 5 rings (SSSR count). The van der Waals surface area contributed by atoms with Crippen LogP contribution in [0.2, 0.25) is 0 Å². The molecule has 2 aromatic rings. The van der Waals surface area contributed by atoms with E-state index in [-0.39, 0.29) is 11.2 Å². The molecule has 2 bridgehead atoms. The minimum atomic E-state index is -0.144. The third-order valence-electron chi connectivity index (χ3n) is 6.33. The van der Waals surface area contributed by atoms with Gasteiger partial charge in [0.1, 0.15) is 5.82 Å². The first kappa shape index (κ1) is 12.5. The molecule has 0 radical (unpaired) electrons. The molecule has 108 valence electrons. The molecule has 5 atom stereocenters. The van der Waals surface area contributed by atoms with Crippen LogP contribution in [-0.4, -0.2) is 0 Å². The molecule has 5 unspecified atom stereocenters. The molecule has 3 saturated carbocycles. The van der Waals surface area contributed by atoms with Crippen molar-refractivity contribution in [1.29, 1.82) is 0 Å². The van der Waals surface area contributed by atoms with Crippen LogP contribution in [0.15, 0.2) is 36.4 Å². The Morgan fingerprint density at radius 2 is 1.62 bits per heavy atom. The van der Waals surface area contributed by atoms with Gasteiger partial charge in [-0.05, 0) is 65.9 Å². The molecule has 21 heavy (non-hydrogen) atoms. The van der Waals surface area contributed by atoms with Gasteiger partial charge in [-0.2, -0.15) is 0 Å². The highest BCUT2D eigenvalue weighted by Crippen LogP contribution is 2.73. The second-order valence-corrected chi connectivity index (χ2v) is 7.62. The Kier molecular flexibility index (Phi) is 2.51. The number of fused-ring (bicyclic) bond motifs is 6. The summed E-state index contributed by atoms with van der Waals surface area (Å²) in [6.07, 6.45) is 4.27. The first-order valence-corrected chi connectivity index (χ1v) is 8.50. The van der Waals surface area contributed by atoms with Gasteiger partial charge in [-0.1, -0.05) is 30.3 Å². The summed E-state index contributed by atoms with van der Waals surface area (Å²) in [6.45, 7) is 0. The predicted octanol–water partition coefficient (Wildman–Crippen LogP) is 5.55. The number of hydrogen-bond acceptors (Lipinski definition) is 0. The zero-order valence-corrected chi connectivity index (χ0v) is 12.6. The van der Waals surface area contributed by atoms with Crippen LogP contribution in [0.3, 0.4) is 0 Å². The lowest BCUT2D eigenvalue weighted by Gasteiger charge is -2.17. The Balaban J connectivity index is 1.55. The number of alkyl halides is 1. The van der Waals surface area contributed by atoms with Gasteiger partial charge in [-0.25, -0.2) is 4.39 Å². The van der Waals surface area contributed by atoms with Crippen LogP contribution in [0.4, 0.5) is 4.39 Å². The summed E-state index contributed by atoms with van der Waals surface area (Å²) in [5.41, 5.74) is 1.13. The zero-order chi connectivity index (χ0) is 14.1. The largest absolute Gasteiger partial charge is 0.206 e. The van der Waals surface area contributed by atoms with E-state index in [0.29, 0.717) is 11.3 Å². The first-order valence-electron chi connectivity index (χ1n) is 8.07. The van der Waals surface area contributed by atoms with E-state index in [1.807, 2.05) is 30.3 Å². The lowest BCUT2D eigenvalue weighted by atomic mass is 9.94. The van der Waals surface area contributed by atoms with Crippen molar-refractivity contribution in [3.8, 4) is 0 Å². The molecule has 0 nitrogen and oxygen atoms in total. The van der Waals surface area contributed by atoms with Crippen molar-refractivity contribution in [3.05, 3.63) is 47.8 Å². The van der Waals surface area contributed by atoms with Crippen LogP contribution >= 0.6 is 11.6 Å². The van der Waals surface area contributed by atoms with Gasteiger partial charge in [0.2, 0.25) is 0 Å². The Morgan fingerprint density at radius 3 is 2.33 bits per heavy atom. The molecule has 0 spiro atoms. The third kappa shape index (κ3) is 1.61. The van der Waals surface area contributed by atoms with Crippen molar-refractivity contribution in [2.45, 2.75) is 24.6 Å². The van der Waals surface area contributed by atoms with E-state index < -0.39 is 0 Å². The molecule has 0 N–H and O–H groups in total. The fourth-order valence-corrected chi connectivity index (χ4v) is 6.04. The molecule has 0 heterocycles. The van der Waals surface area contributed by atoms with Gasteiger partial charge < -0.3 is 0 Å². The second-order valence-electron chi connectivity index (χ2n) is 7.15. The van der Waals surface area contributed by atoms with Gasteiger partial charge in [0, 0.05) is 5.39 Å². The van der Waals surface area contributed by atoms with Crippen LogP contribution in [0, 0.1) is 35.4 Å².